The fourth-order valence-corrected chi connectivity index (χ4v) is 3.53. The van der Waals surface area contributed by atoms with Crippen LogP contribution in [0.3, 0.4) is 0 Å². The summed E-state index contributed by atoms with van der Waals surface area (Å²) in [4.78, 5) is 16.7. The van der Waals surface area contributed by atoms with Gasteiger partial charge >= 0.3 is 0 Å². The van der Waals surface area contributed by atoms with Gasteiger partial charge < -0.3 is 19.2 Å². The number of furan rings is 1. The monoisotopic (exact) mass is 428 g/mol. The van der Waals surface area contributed by atoms with Crippen LogP contribution in [0.1, 0.15) is 19.4 Å². The maximum absolute atomic E-state index is 12.5. The average Bonchev–Trinajstić information content (AvgIpc) is 3.22. The molecule has 4 aromatic rings. The van der Waals surface area contributed by atoms with Gasteiger partial charge in [-0.15, -0.1) is 0 Å². The second-order valence-corrected chi connectivity index (χ2v) is 7.19. The zero-order chi connectivity index (χ0) is 22.5. The second-order valence-electron chi connectivity index (χ2n) is 7.19. The van der Waals surface area contributed by atoms with Gasteiger partial charge in [0.2, 0.25) is 5.91 Å². The van der Waals surface area contributed by atoms with Crippen molar-refractivity contribution in [1.29, 1.82) is 0 Å². The Morgan fingerprint density at radius 3 is 2.78 bits per heavy atom. The van der Waals surface area contributed by atoms with E-state index in [4.69, 9.17) is 13.9 Å². The summed E-state index contributed by atoms with van der Waals surface area (Å²) < 4.78 is 17.0. The van der Waals surface area contributed by atoms with Gasteiger partial charge in [-0.1, -0.05) is 18.2 Å². The number of carbonyl (C=O) groups is 1. The van der Waals surface area contributed by atoms with Gasteiger partial charge in [-0.2, -0.15) is 0 Å². The van der Waals surface area contributed by atoms with Gasteiger partial charge in [-0.05, 0) is 55.3 Å². The van der Waals surface area contributed by atoms with E-state index in [2.05, 4.69) is 10.3 Å². The van der Waals surface area contributed by atoms with Crippen molar-refractivity contribution in [2.24, 2.45) is 0 Å². The zero-order valence-corrected chi connectivity index (χ0v) is 18.2. The summed E-state index contributed by atoms with van der Waals surface area (Å²) in [5.74, 6) is 1.66. The molecule has 0 aliphatic heterocycles. The molecule has 0 aliphatic rings. The average molecular weight is 428 g/mol. The largest absolute Gasteiger partial charge is 0.497 e. The summed E-state index contributed by atoms with van der Waals surface area (Å²) in [6, 6.07) is 17.0. The fraction of sp³-hybridized carbons (Fsp3) is 0.154. The lowest BCUT2D eigenvalue weighted by Crippen LogP contribution is -2.09. The van der Waals surface area contributed by atoms with Crippen LogP contribution in [0.5, 0.6) is 11.5 Å². The van der Waals surface area contributed by atoms with E-state index in [-0.39, 0.29) is 5.91 Å². The van der Waals surface area contributed by atoms with Gasteiger partial charge in [-0.3, -0.25) is 4.79 Å². The Balaban J connectivity index is 1.74. The van der Waals surface area contributed by atoms with Crippen LogP contribution >= 0.6 is 0 Å². The van der Waals surface area contributed by atoms with E-state index in [1.165, 1.54) is 0 Å². The fourth-order valence-electron chi connectivity index (χ4n) is 3.53. The van der Waals surface area contributed by atoms with E-state index >= 15 is 0 Å². The summed E-state index contributed by atoms with van der Waals surface area (Å²) in [6.45, 7) is 4.30. The zero-order valence-electron chi connectivity index (χ0n) is 18.2. The summed E-state index contributed by atoms with van der Waals surface area (Å²) in [6.07, 6.45) is 4.90. The number of pyridine rings is 1. The minimum atomic E-state index is -0.260. The maximum Gasteiger partial charge on any atom is 0.249 e. The third-order valence-electron chi connectivity index (χ3n) is 5.04. The number of rotatable bonds is 7. The first-order valence-electron chi connectivity index (χ1n) is 10.3. The molecule has 0 atom stereocenters. The third kappa shape index (κ3) is 4.49. The van der Waals surface area contributed by atoms with Crippen molar-refractivity contribution >= 4 is 28.3 Å². The van der Waals surface area contributed by atoms with Crippen molar-refractivity contribution in [2.45, 2.75) is 13.8 Å². The van der Waals surface area contributed by atoms with Gasteiger partial charge in [0.25, 0.3) is 0 Å². The predicted molar refractivity (Wildman–Crippen MR) is 126 cm³/mol. The van der Waals surface area contributed by atoms with Crippen molar-refractivity contribution in [3.63, 3.8) is 0 Å². The van der Waals surface area contributed by atoms with Crippen molar-refractivity contribution in [2.75, 3.05) is 19.0 Å². The Kier molecular flexibility index (Phi) is 6.22. The molecule has 0 spiro atoms. The van der Waals surface area contributed by atoms with E-state index in [9.17, 15) is 4.79 Å². The van der Waals surface area contributed by atoms with E-state index in [0.29, 0.717) is 23.8 Å². The van der Waals surface area contributed by atoms with Crippen molar-refractivity contribution < 1.29 is 18.7 Å². The van der Waals surface area contributed by atoms with Gasteiger partial charge in [0.1, 0.15) is 22.9 Å². The smallest absolute Gasteiger partial charge is 0.249 e. The van der Waals surface area contributed by atoms with Gasteiger partial charge in [0.15, 0.2) is 0 Å². The van der Waals surface area contributed by atoms with Gasteiger partial charge in [0, 0.05) is 34.9 Å². The minimum absolute atomic E-state index is 0.260. The standard InChI is InChI=1S/C26H24N2O4/c1-4-31-23-15-24-21(22(16-32-24)18-8-7-9-19(13-18)30-3)14-20(23)17(2)12-26(29)28-25-10-5-6-11-27-25/h5-16H,4H2,1-3H3,(H,27,28,29)/b17-12+. The van der Waals surface area contributed by atoms with Crippen LogP contribution in [-0.2, 0) is 4.79 Å². The van der Waals surface area contributed by atoms with Crippen LogP contribution in [-0.4, -0.2) is 24.6 Å². The van der Waals surface area contributed by atoms with Crippen LogP contribution in [0, 0.1) is 0 Å². The maximum atomic E-state index is 12.5. The molecule has 0 aliphatic carbocycles. The van der Waals surface area contributed by atoms with Gasteiger partial charge in [-0.25, -0.2) is 4.98 Å². The number of carbonyl (C=O) groups excluding carboxylic acids is 1. The van der Waals surface area contributed by atoms with Crippen LogP contribution < -0.4 is 14.8 Å². The number of amides is 1. The second kappa shape index (κ2) is 9.39. The van der Waals surface area contributed by atoms with E-state index in [1.54, 1.807) is 37.8 Å². The summed E-state index contributed by atoms with van der Waals surface area (Å²) >= 11 is 0. The van der Waals surface area contributed by atoms with Crippen LogP contribution in [0.2, 0.25) is 0 Å². The highest BCUT2D eigenvalue weighted by Crippen LogP contribution is 2.38. The molecule has 6 heteroatoms. The molecule has 0 saturated heterocycles. The first-order valence-corrected chi connectivity index (χ1v) is 10.3. The van der Waals surface area contributed by atoms with E-state index in [0.717, 1.165) is 33.4 Å². The lowest BCUT2D eigenvalue weighted by Gasteiger charge is -2.12. The van der Waals surface area contributed by atoms with E-state index in [1.807, 2.05) is 56.3 Å². The number of methoxy groups -OCH3 is 1. The number of anilines is 1. The Labute approximate surface area is 186 Å². The molecule has 0 bridgehead atoms. The summed E-state index contributed by atoms with van der Waals surface area (Å²) in [7, 11) is 1.64. The molecule has 2 aromatic heterocycles. The highest BCUT2D eigenvalue weighted by Gasteiger charge is 2.16. The summed E-state index contributed by atoms with van der Waals surface area (Å²) in [5.41, 5.74) is 4.21. The molecule has 1 N–H and O–H groups in total. The molecule has 162 valence electrons. The molecule has 2 heterocycles. The first-order chi connectivity index (χ1) is 15.6. The van der Waals surface area contributed by atoms with Crippen LogP contribution in [0.15, 0.2) is 77.6 Å². The Morgan fingerprint density at radius 2 is 2.03 bits per heavy atom. The molecule has 32 heavy (non-hydrogen) atoms. The molecule has 0 radical (unpaired) electrons. The first kappa shape index (κ1) is 21.2. The Morgan fingerprint density at radius 1 is 1.16 bits per heavy atom. The molecular weight excluding hydrogens is 404 g/mol. The third-order valence-corrected chi connectivity index (χ3v) is 5.04. The molecule has 6 nitrogen and oxygen atoms in total. The number of ether oxygens (including phenoxy) is 2. The summed E-state index contributed by atoms with van der Waals surface area (Å²) in [5, 5.41) is 3.70. The number of hydrogen-bond acceptors (Lipinski definition) is 5. The normalized spacial score (nSPS) is 11.4. The number of nitrogens with zero attached hydrogens (tertiary/aromatic N) is 1. The minimum Gasteiger partial charge on any atom is -0.497 e. The number of benzene rings is 2. The molecule has 0 saturated carbocycles. The van der Waals surface area contributed by atoms with Crippen LogP contribution in [0.4, 0.5) is 5.82 Å². The SMILES string of the molecule is CCOc1cc2occ(-c3cccc(OC)c3)c2cc1/C(C)=C/C(=O)Nc1ccccn1. The van der Waals surface area contributed by atoms with Crippen molar-refractivity contribution in [3.05, 3.63) is 78.7 Å². The highest BCUT2D eigenvalue weighted by atomic mass is 16.5. The number of hydrogen-bond donors (Lipinski definition) is 1. The van der Waals surface area contributed by atoms with E-state index < -0.39 is 0 Å². The predicted octanol–water partition coefficient (Wildman–Crippen LogP) is 5.94. The van der Waals surface area contributed by atoms with Crippen LogP contribution in [0.25, 0.3) is 27.7 Å². The van der Waals surface area contributed by atoms with Gasteiger partial charge in [0.05, 0.1) is 20.0 Å². The molecule has 4 rings (SSSR count). The lowest BCUT2D eigenvalue weighted by molar-refractivity contribution is -0.111. The molecule has 2 aromatic carbocycles. The quantitative estimate of drug-likeness (QED) is 0.369. The molecule has 0 unspecified atom stereocenters. The highest BCUT2D eigenvalue weighted by molar-refractivity contribution is 6.05. The number of nitrogens with one attached hydrogen (secondary N) is 1. The Bertz CT molecular complexity index is 1280. The topological polar surface area (TPSA) is 73.6 Å². The molecular formula is C26H24N2O4. The molecule has 1 amide bonds. The lowest BCUT2D eigenvalue weighted by atomic mass is 9.99. The number of fused-ring (bicyclic) bond motifs is 1. The Hall–Kier alpha value is -4.06. The number of allylic oxidation sites excluding steroid dienone is 1. The van der Waals surface area contributed by atoms with Crippen molar-refractivity contribution in [1.82, 2.24) is 4.98 Å². The number of aromatic nitrogens is 1. The van der Waals surface area contributed by atoms with Crippen molar-refractivity contribution in [3.8, 4) is 22.6 Å². The molecule has 0 fully saturated rings.